The van der Waals surface area contributed by atoms with E-state index in [1.54, 1.807) is 13.0 Å². The summed E-state index contributed by atoms with van der Waals surface area (Å²) in [6.45, 7) is 21.5. The molecule has 0 amide bonds. The highest BCUT2D eigenvalue weighted by Crippen LogP contribution is 2.28. The second-order valence-electron chi connectivity index (χ2n) is 13.3. The van der Waals surface area contributed by atoms with Gasteiger partial charge >= 0.3 is 0 Å². The lowest BCUT2D eigenvalue weighted by Crippen LogP contribution is -2.08. The fourth-order valence-corrected chi connectivity index (χ4v) is 4.83. The van der Waals surface area contributed by atoms with Crippen molar-refractivity contribution >= 4 is 0 Å². The smallest absolute Gasteiger partial charge is 0.126 e. The van der Waals surface area contributed by atoms with Crippen molar-refractivity contribution in [2.24, 2.45) is 23.7 Å². The van der Waals surface area contributed by atoms with Crippen molar-refractivity contribution in [1.29, 1.82) is 0 Å². The molecular formula is C40H61F. The zero-order valence-corrected chi connectivity index (χ0v) is 28.2. The molecule has 0 saturated heterocycles. The number of benzene rings is 3. The van der Waals surface area contributed by atoms with Crippen molar-refractivity contribution in [2.45, 2.75) is 121 Å². The van der Waals surface area contributed by atoms with Gasteiger partial charge in [-0.05, 0) is 82.4 Å². The Balaban J connectivity index is 0.000000256. The Labute approximate surface area is 254 Å². The zero-order valence-electron chi connectivity index (χ0n) is 28.2. The van der Waals surface area contributed by atoms with Crippen molar-refractivity contribution in [3.63, 3.8) is 0 Å². The van der Waals surface area contributed by atoms with Crippen LogP contribution in [0.3, 0.4) is 0 Å². The van der Waals surface area contributed by atoms with Crippen LogP contribution >= 0.6 is 0 Å². The van der Waals surface area contributed by atoms with E-state index in [0.717, 1.165) is 29.2 Å². The molecular weight excluding hydrogens is 499 g/mol. The quantitative estimate of drug-likeness (QED) is 0.256. The van der Waals surface area contributed by atoms with Crippen LogP contribution in [-0.2, 0) is 0 Å². The molecule has 0 bridgehead atoms. The van der Waals surface area contributed by atoms with Crippen LogP contribution in [0.5, 0.6) is 0 Å². The number of aryl methyl sites for hydroxylation is 6. The lowest BCUT2D eigenvalue weighted by atomic mass is 9.84. The number of hydrogen-bond donors (Lipinski definition) is 0. The summed E-state index contributed by atoms with van der Waals surface area (Å²) in [5.41, 5.74) is 7.00. The lowest BCUT2D eigenvalue weighted by molar-refractivity contribution is 0.308. The van der Waals surface area contributed by atoms with E-state index in [1.807, 2.05) is 13.0 Å². The molecule has 1 heteroatoms. The van der Waals surface area contributed by atoms with Crippen LogP contribution in [-0.4, -0.2) is 0 Å². The Kier molecular flexibility index (Phi) is 18.3. The lowest BCUT2D eigenvalue weighted by Gasteiger charge is -2.22. The maximum Gasteiger partial charge on any atom is 0.126 e. The topological polar surface area (TPSA) is 0 Å². The average molecular weight is 561 g/mol. The fraction of sp³-hybridized carbons (Fsp3) is 0.550. The molecule has 3 aromatic carbocycles. The van der Waals surface area contributed by atoms with Crippen molar-refractivity contribution in [3.05, 3.63) is 106 Å². The normalized spacial score (nSPS) is 21.2. The molecule has 0 N–H and O–H groups in total. The Morgan fingerprint density at radius 3 is 0.805 bits per heavy atom. The number of hydrogen-bond acceptors (Lipinski definition) is 0. The highest BCUT2D eigenvalue weighted by Gasteiger charge is 2.13. The van der Waals surface area contributed by atoms with E-state index in [9.17, 15) is 4.39 Å². The van der Waals surface area contributed by atoms with Crippen molar-refractivity contribution in [3.8, 4) is 0 Å². The molecule has 5 rings (SSSR count). The van der Waals surface area contributed by atoms with Gasteiger partial charge in [0.15, 0.2) is 0 Å². The second-order valence-corrected chi connectivity index (χ2v) is 13.3. The van der Waals surface area contributed by atoms with Crippen LogP contribution in [0.1, 0.15) is 112 Å². The Hall–Kier alpha value is -2.41. The molecule has 0 nitrogen and oxygen atoms in total. The molecule has 0 aromatic heterocycles. The Morgan fingerprint density at radius 1 is 0.390 bits per heavy atom. The molecule has 2 aliphatic rings. The standard InChI is InChI=1S/C8H9F.2C8H16.2C8H10/c1-6-3-4-7(2)8(9)5-6;4*1-7-3-5-8(2)6-4-7/h3-5H,1-2H3;2*7-8H,3-6H2,1-2H3;2*3-6H,1-2H3. The van der Waals surface area contributed by atoms with Gasteiger partial charge in [-0.25, -0.2) is 4.39 Å². The highest BCUT2D eigenvalue weighted by atomic mass is 19.1. The molecule has 2 fully saturated rings. The second kappa shape index (κ2) is 20.5. The van der Waals surface area contributed by atoms with Crippen LogP contribution < -0.4 is 0 Å². The molecule has 0 heterocycles. The highest BCUT2D eigenvalue weighted by molar-refractivity contribution is 5.22. The van der Waals surface area contributed by atoms with Crippen LogP contribution in [0, 0.1) is 71.0 Å². The summed E-state index contributed by atoms with van der Waals surface area (Å²) in [4.78, 5) is 0. The molecule has 2 aliphatic carbocycles. The molecule has 0 radical (unpaired) electrons. The van der Waals surface area contributed by atoms with Gasteiger partial charge in [-0.15, -0.1) is 0 Å². The largest absolute Gasteiger partial charge is 0.207 e. The third kappa shape index (κ3) is 18.6. The summed E-state index contributed by atoms with van der Waals surface area (Å²) >= 11 is 0. The van der Waals surface area contributed by atoms with Gasteiger partial charge in [0.25, 0.3) is 0 Å². The third-order valence-corrected chi connectivity index (χ3v) is 8.37. The molecule has 0 unspecified atom stereocenters. The number of halogens is 1. The van der Waals surface area contributed by atoms with Crippen molar-refractivity contribution in [2.75, 3.05) is 0 Å². The van der Waals surface area contributed by atoms with Crippen molar-refractivity contribution in [1.82, 2.24) is 0 Å². The first kappa shape index (κ1) is 36.6. The SMILES string of the molecule is CC1CCC(C)CC1.CC1CCC(C)CC1.Cc1ccc(C)c(F)c1.Cc1ccc(C)cc1.Cc1ccc(C)cc1. The molecule has 0 spiro atoms. The van der Waals surface area contributed by atoms with Gasteiger partial charge in [-0.2, -0.15) is 0 Å². The van der Waals surface area contributed by atoms with E-state index in [4.69, 9.17) is 0 Å². The minimum Gasteiger partial charge on any atom is -0.207 e. The minimum atomic E-state index is -0.116. The van der Waals surface area contributed by atoms with Gasteiger partial charge in [0.2, 0.25) is 0 Å². The van der Waals surface area contributed by atoms with E-state index in [-0.39, 0.29) is 5.82 Å². The first-order chi connectivity index (χ1) is 19.3. The van der Waals surface area contributed by atoms with Crippen LogP contribution in [0.15, 0.2) is 66.7 Å². The Bertz CT molecular complexity index is 921. The van der Waals surface area contributed by atoms with Crippen LogP contribution in [0.25, 0.3) is 0 Å². The van der Waals surface area contributed by atoms with Gasteiger partial charge in [-0.3, -0.25) is 0 Å². The van der Waals surface area contributed by atoms with Crippen LogP contribution in [0.2, 0.25) is 0 Å². The van der Waals surface area contributed by atoms with E-state index >= 15 is 0 Å². The summed E-state index contributed by atoms with van der Waals surface area (Å²) in [5.74, 6) is 3.96. The number of rotatable bonds is 0. The molecule has 0 aliphatic heterocycles. The molecule has 0 atom stereocenters. The minimum absolute atomic E-state index is 0.116. The van der Waals surface area contributed by atoms with Gasteiger partial charge in [0.1, 0.15) is 5.82 Å². The average Bonchev–Trinajstić information content (AvgIpc) is 2.94. The van der Waals surface area contributed by atoms with Crippen molar-refractivity contribution < 1.29 is 4.39 Å². The predicted molar refractivity (Wildman–Crippen MR) is 181 cm³/mol. The molecule has 2 saturated carbocycles. The molecule has 41 heavy (non-hydrogen) atoms. The van der Waals surface area contributed by atoms with Gasteiger partial charge < -0.3 is 0 Å². The van der Waals surface area contributed by atoms with Gasteiger partial charge in [-0.1, -0.05) is 162 Å². The Morgan fingerprint density at radius 2 is 0.610 bits per heavy atom. The predicted octanol–water partition coefficient (Wildman–Crippen LogP) is 12.7. The molecule has 228 valence electrons. The third-order valence-electron chi connectivity index (χ3n) is 8.37. The summed E-state index contributed by atoms with van der Waals surface area (Å²) in [7, 11) is 0. The summed E-state index contributed by atoms with van der Waals surface area (Å²) in [6.07, 6.45) is 11.8. The fourth-order valence-electron chi connectivity index (χ4n) is 4.83. The maximum atomic E-state index is 12.6. The van der Waals surface area contributed by atoms with E-state index < -0.39 is 0 Å². The zero-order chi connectivity index (χ0) is 30.8. The van der Waals surface area contributed by atoms with Gasteiger partial charge in [0.05, 0.1) is 0 Å². The monoisotopic (exact) mass is 560 g/mol. The first-order valence-corrected chi connectivity index (χ1v) is 16.1. The first-order valence-electron chi connectivity index (χ1n) is 16.1. The summed E-state index contributed by atoms with van der Waals surface area (Å²) in [5, 5.41) is 0. The van der Waals surface area contributed by atoms with E-state index in [0.29, 0.717) is 5.56 Å². The summed E-state index contributed by atoms with van der Waals surface area (Å²) < 4.78 is 12.6. The van der Waals surface area contributed by atoms with E-state index in [1.165, 1.54) is 79.7 Å². The van der Waals surface area contributed by atoms with Crippen LogP contribution in [0.4, 0.5) is 4.39 Å². The summed E-state index contributed by atoms with van der Waals surface area (Å²) in [6, 6.07) is 22.2. The molecule has 3 aromatic rings. The van der Waals surface area contributed by atoms with Gasteiger partial charge in [0, 0.05) is 0 Å². The van der Waals surface area contributed by atoms with E-state index in [2.05, 4.69) is 104 Å². The maximum absolute atomic E-state index is 12.6.